The van der Waals surface area contributed by atoms with Crippen LogP contribution in [0.3, 0.4) is 0 Å². The molecule has 1 spiro atoms. The van der Waals surface area contributed by atoms with E-state index in [-0.39, 0.29) is 0 Å². The first-order chi connectivity index (χ1) is 24.7. The Labute approximate surface area is 288 Å². The molecule has 0 saturated carbocycles. The van der Waals surface area contributed by atoms with Crippen LogP contribution >= 0.6 is 0 Å². The second-order valence-electron chi connectivity index (χ2n) is 12.7. The molecule has 0 N–H and O–H groups in total. The highest BCUT2D eigenvalue weighted by Crippen LogP contribution is 2.62. The molecule has 0 unspecified atom stereocenters. The monoisotopic (exact) mass is 638 g/mol. The molecule has 0 atom stereocenters. The molecular formula is C45H26N4O. The SMILES string of the molecule is N#Cc1ccc2cc3c(cc2c1)C1(c2ccccc2Oc2ccccc21)c1cc(-c2nc(-c4ccccc4)nc(-c4ccccc4)n2)ccc1-3. The van der Waals surface area contributed by atoms with Crippen molar-refractivity contribution in [3.8, 4) is 62.9 Å². The summed E-state index contributed by atoms with van der Waals surface area (Å²) in [6.45, 7) is 0. The van der Waals surface area contributed by atoms with Gasteiger partial charge in [-0.15, -0.1) is 0 Å². The van der Waals surface area contributed by atoms with E-state index in [2.05, 4.69) is 60.7 Å². The molecule has 0 radical (unpaired) electrons. The fourth-order valence-electron chi connectivity index (χ4n) is 7.79. The van der Waals surface area contributed by atoms with E-state index in [4.69, 9.17) is 19.7 Å². The topological polar surface area (TPSA) is 71.7 Å². The molecule has 0 amide bonds. The molecule has 0 bridgehead atoms. The lowest BCUT2D eigenvalue weighted by Crippen LogP contribution is -2.32. The van der Waals surface area contributed by atoms with E-state index in [0.717, 1.165) is 72.3 Å². The van der Waals surface area contributed by atoms with Gasteiger partial charge in [0.05, 0.1) is 17.0 Å². The summed E-state index contributed by atoms with van der Waals surface area (Å²) < 4.78 is 6.59. The Morgan fingerprint density at radius 3 is 1.62 bits per heavy atom. The second-order valence-corrected chi connectivity index (χ2v) is 12.7. The van der Waals surface area contributed by atoms with Gasteiger partial charge in [-0.25, -0.2) is 15.0 Å². The average Bonchev–Trinajstić information content (AvgIpc) is 3.46. The third kappa shape index (κ3) is 4.09. The van der Waals surface area contributed by atoms with Crippen LogP contribution in [0.15, 0.2) is 158 Å². The van der Waals surface area contributed by atoms with E-state index >= 15 is 0 Å². The molecule has 2 aliphatic rings. The summed E-state index contributed by atoms with van der Waals surface area (Å²) in [7, 11) is 0. The third-order valence-electron chi connectivity index (χ3n) is 9.98. The van der Waals surface area contributed by atoms with E-state index < -0.39 is 5.41 Å². The predicted octanol–water partition coefficient (Wildman–Crippen LogP) is 10.4. The van der Waals surface area contributed by atoms with E-state index in [1.165, 1.54) is 0 Å². The van der Waals surface area contributed by atoms with Crippen LogP contribution in [0.1, 0.15) is 27.8 Å². The maximum atomic E-state index is 9.78. The summed E-state index contributed by atoms with van der Waals surface area (Å²) in [5, 5.41) is 11.9. The van der Waals surface area contributed by atoms with Gasteiger partial charge < -0.3 is 4.74 Å². The minimum atomic E-state index is -0.694. The zero-order chi connectivity index (χ0) is 33.2. The highest BCUT2D eigenvalue weighted by molar-refractivity contribution is 5.97. The van der Waals surface area contributed by atoms with Crippen LogP contribution in [0.2, 0.25) is 0 Å². The molecular weight excluding hydrogens is 613 g/mol. The van der Waals surface area contributed by atoms with Crippen LogP contribution in [0.5, 0.6) is 11.5 Å². The summed E-state index contributed by atoms with van der Waals surface area (Å²) in [5.41, 5.74) is 9.40. The number of nitriles is 1. The standard InChI is InChI=1S/C45H26N4O/c46-27-28-19-20-31-24-35-34-22-21-32(44-48-42(29-11-3-1-4-12-29)47-43(49-44)30-13-5-2-6-14-30)25-38(34)45(39(35)26-33(31)23-28)36-15-7-9-17-40(36)50-41-18-10-8-16-37(41)45/h1-26H. The molecule has 0 fully saturated rings. The zero-order valence-electron chi connectivity index (χ0n) is 26.7. The van der Waals surface area contributed by atoms with Gasteiger partial charge in [0.15, 0.2) is 17.5 Å². The Hall–Kier alpha value is -6.90. The van der Waals surface area contributed by atoms with Gasteiger partial charge in [0.2, 0.25) is 0 Å². The van der Waals surface area contributed by atoms with Crippen molar-refractivity contribution in [2.75, 3.05) is 0 Å². The molecule has 0 saturated heterocycles. The number of benzene rings is 7. The highest BCUT2D eigenvalue weighted by Gasteiger charge is 2.51. The minimum Gasteiger partial charge on any atom is -0.457 e. The quantitative estimate of drug-likeness (QED) is 0.193. The first kappa shape index (κ1) is 28.1. The van der Waals surface area contributed by atoms with Gasteiger partial charge in [-0.2, -0.15) is 5.26 Å². The predicted molar refractivity (Wildman–Crippen MR) is 196 cm³/mol. The van der Waals surface area contributed by atoms with E-state index in [9.17, 15) is 5.26 Å². The van der Waals surface area contributed by atoms with Crippen LogP contribution in [0.25, 0.3) is 56.1 Å². The van der Waals surface area contributed by atoms with Gasteiger partial charge in [-0.05, 0) is 75.5 Å². The summed E-state index contributed by atoms with van der Waals surface area (Å²) in [4.78, 5) is 15.1. The van der Waals surface area contributed by atoms with Crippen LogP contribution < -0.4 is 4.74 Å². The molecule has 50 heavy (non-hydrogen) atoms. The lowest BCUT2D eigenvalue weighted by atomic mass is 9.65. The van der Waals surface area contributed by atoms with Crippen LogP contribution in [0.4, 0.5) is 0 Å². The fourth-order valence-corrected chi connectivity index (χ4v) is 7.79. The maximum Gasteiger partial charge on any atom is 0.164 e. The van der Waals surface area contributed by atoms with Crippen LogP contribution in [-0.4, -0.2) is 15.0 Å². The Kier molecular flexibility index (Phi) is 6.09. The van der Waals surface area contributed by atoms with Crippen molar-refractivity contribution in [1.82, 2.24) is 15.0 Å². The molecule has 10 rings (SSSR count). The number of para-hydroxylation sites is 2. The summed E-state index contributed by atoms with van der Waals surface area (Å²) in [5.74, 6) is 3.48. The van der Waals surface area contributed by atoms with E-state index in [1.807, 2.05) is 103 Å². The van der Waals surface area contributed by atoms with Crippen molar-refractivity contribution >= 4 is 10.8 Å². The molecule has 1 aliphatic heterocycles. The molecule has 232 valence electrons. The molecule has 7 aromatic carbocycles. The first-order valence-electron chi connectivity index (χ1n) is 16.6. The lowest BCUT2D eigenvalue weighted by Gasteiger charge is -2.39. The number of hydrogen-bond donors (Lipinski definition) is 0. The van der Waals surface area contributed by atoms with Crippen molar-refractivity contribution < 1.29 is 4.74 Å². The van der Waals surface area contributed by atoms with E-state index in [0.29, 0.717) is 23.0 Å². The van der Waals surface area contributed by atoms with Gasteiger partial charge in [0, 0.05) is 27.8 Å². The van der Waals surface area contributed by atoms with E-state index in [1.54, 1.807) is 0 Å². The Morgan fingerprint density at radius 1 is 0.440 bits per heavy atom. The summed E-state index contributed by atoms with van der Waals surface area (Å²) in [6.07, 6.45) is 0. The fraction of sp³-hybridized carbons (Fsp3) is 0.0222. The van der Waals surface area contributed by atoms with Crippen LogP contribution in [0, 0.1) is 11.3 Å². The molecule has 8 aromatic rings. The van der Waals surface area contributed by atoms with Gasteiger partial charge >= 0.3 is 0 Å². The van der Waals surface area contributed by atoms with Gasteiger partial charge in [0.25, 0.3) is 0 Å². The number of aromatic nitrogens is 3. The van der Waals surface area contributed by atoms with Crippen molar-refractivity contribution in [3.63, 3.8) is 0 Å². The first-order valence-corrected chi connectivity index (χ1v) is 16.6. The Morgan fingerprint density at radius 2 is 1.00 bits per heavy atom. The van der Waals surface area contributed by atoms with Crippen molar-refractivity contribution in [2.24, 2.45) is 0 Å². The minimum absolute atomic E-state index is 0.601. The molecule has 1 aromatic heterocycles. The summed E-state index contributed by atoms with van der Waals surface area (Å²) in [6, 6.07) is 56.1. The maximum absolute atomic E-state index is 9.78. The Bertz CT molecular complexity index is 2590. The highest BCUT2D eigenvalue weighted by atomic mass is 16.5. The molecule has 5 heteroatoms. The molecule has 1 aliphatic carbocycles. The smallest absolute Gasteiger partial charge is 0.164 e. The second kappa shape index (κ2) is 10.8. The van der Waals surface area contributed by atoms with Gasteiger partial charge in [0.1, 0.15) is 11.5 Å². The average molecular weight is 639 g/mol. The summed E-state index contributed by atoms with van der Waals surface area (Å²) >= 11 is 0. The van der Waals surface area contributed by atoms with Gasteiger partial charge in [-0.3, -0.25) is 0 Å². The van der Waals surface area contributed by atoms with Crippen molar-refractivity contribution in [1.29, 1.82) is 5.26 Å². The number of ether oxygens (including phenoxy) is 1. The number of hydrogen-bond acceptors (Lipinski definition) is 5. The number of rotatable bonds is 3. The number of fused-ring (bicyclic) bond motifs is 10. The van der Waals surface area contributed by atoms with Crippen molar-refractivity contribution in [3.05, 3.63) is 186 Å². The number of nitrogens with zero attached hydrogens (tertiary/aromatic N) is 4. The van der Waals surface area contributed by atoms with Gasteiger partial charge in [-0.1, -0.05) is 115 Å². The largest absolute Gasteiger partial charge is 0.457 e. The van der Waals surface area contributed by atoms with Crippen molar-refractivity contribution in [2.45, 2.75) is 5.41 Å². The Balaban J connectivity index is 1.28. The zero-order valence-corrected chi connectivity index (χ0v) is 26.7. The molecule has 5 nitrogen and oxygen atoms in total. The lowest BCUT2D eigenvalue weighted by molar-refractivity contribution is 0.436. The van der Waals surface area contributed by atoms with Crippen LogP contribution in [-0.2, 0) is 5.41 Å². The molecule has 2 heterocycles. The normalized spacial score (nSPS) is 13.1. The third-order valence-corrected chi connectivity index (χ3v) is 9.98.